The van der Waals surface area contributed by atoms with Crippen LogP contribution in [0.15, 0.2) is 23.0 Å². The number of rotatable bonds is 1. The maximum Gasteiger partial charge on any atom is 0.342 e. The summed E-state index contributed by atoms with van der Waals surface area (Å²) in [6, 6.07) is 0. The first-order chi connectivity index (χ1) is 10.1. The van der Waals surface area contributed by atoms with Gasteiger partial charge in [-0.25, -0.2) is 4.79 Å². The molecular formula is C15H20O7. The van der Waals surface area contributed by atoms with E-state index < -0.39 is 35.7 Å². The van der Waals surface area contributed by atoms with E-state index in [9.17, 15) is 25.2 Å². The van der Waals surface area contributed by atoms with Gasteiger partial charge in [0.15, 0.2) is 5.79 Å². The number of esters is 1. The van der Waals surface area contributed by atoms with Gasteiger partial charge in [-0.3, -0.25) is 0 Å². The van der Waals surface area contributed by atoms with Crippen molar-refractivity contribution in [2.75, 3.05) is 6.61 Å². The Hall–Kier alpha value is -1.25. The van der Waals surface area contributed by atoms with Gasteiger partial charge in [-0.05, 0) is 26.3 Å². The highest BCUT2D eigenvalue weighted by Crippen LogP contribution is 2.48. The van der Waals surface area contributed by atoms with E-state index in [2.05, 4.69) is 0 Å². The number of hydrogen-bond donors (Lipinski definition) is 4. The van der Waals surface area contributed by atoms with Gasteiger partial charge in [0.1, 0.15) is 11.4 Å². The van der Waals surface area contributed by atoms with Gasteiger partial charge < -0.3 is 29.9 Å². The second-order valence-corrected chi connectivity index (χ2v) is 6.64. The fourth-order valence-corrected chi connectivity index (χ4v) is 3.40. The van der Waals surface area contributed by atoms with Crippen molar-refractivity contribution in [2.24, 2.45) is 0 Å². The monoisotopic (exact) mass is 312 g/mol. The molecule has 1 saturated heterocycles. The molecule has 7 heteroatoms. The standard InChI is InChI=1S/C15H20O7/c1-13-3-4-15(20,22-13)14(2,19)5-9(17)11-8(7-16)12(18)21-10(11)6-13/h6,9,16-17,19-20H,3-5,7H2,1-2H3/t9-,13+,14+,15-/m0/s1. The van der Waals surface area contributed by atoms with E-state index in [-0.39, 0.29) is 29.7 Å². The van der Waals surface area contributed by atoms with Crippen LogP contribution in [0, 0.1) is 0 Å². The predicted octanol–water partition coefficient (Wildman–Crippen LogP) is -0.511. The van der Waals surface area contributed by atoms with Crippen molar-refractivity contribution < 1.29 is 34.7 Å². The third-order valence-corrected chi connectivity index (χ3v) is 4.76. The summed E-state index contributed by atoms with van der Waals surface area (Å²) in [5, 5.41) is 41.0. The van der Waals surface area contributed by atoms with Crippen LogP contribution in [0.4, 0.5) is 0 Å². The number of carbonyl (C=O) groups is 1. The number of carbonyl (C=O) groups excluding carboxylic acids is 1. The largest absolute Gasteiger partial charge is 0.423 e. The van der Waals surface area contributed by atoms with Crippen LogP contribution in [0.25, 0.3) is 0 Å². The minimum Gasteiger partial charge on any atom is -0.423 e. The van der Waals surface area contributed by atoms with Crippen molar-refractivity contribution in [3.63, 3.8) is 0 Å². The highest BCUT2D eigenvalue weighted by Gasteiger charge is 2.57. The van der Waals surface area contributed by atoms with Gasteiger partial charge in [0.25, 0.3) is 0 Å². The predicted molar refractivity (Wildman–Crippen MR) is 73.2 cm³/mol. The van der Waals surface area contributed by atoms with Crippen molar-refractivity contribution in [1.82, 2.24) is 0 Å². The lowest BCUT2D eigenvalue weighted by Gasteiger charge is -2.39. The molecule has 22 heavy (non-hydrogen) atoms. The molecule has 3 rings (SSSR count). The molecule has 3 aliphatic rings. The molecule has 7 nitrogen and oxygen atoms in total. The van der Waals surface area contributed by atoms with Crippen molar-refractivity contribution >= 4 is 5.97 Å². The summed E-state index contributed by atoms with van der Waals surface area (Å²) in [7, 11) is 0. The number of hydrogen-bond acceptors (Lipinski definition) is 7. The minimum atomic E-state index is -1.80. The first kappa shape index (κ1) is 15.6. The molecule has 0 aromatic carbocycles. The summed E-state index contributed by atoms with van der Waals surface area (Å²) in [5.41, 5.74) is -2.57. The van der Waals surface area contributed by atoms with Crippen molar-refractivity contribution in [3.05, 3.63) is 23.0 Å². The lowest BCUT2D eigenvalue weighted by Crippen LogP contribution is -2.54. The summed E-state index contributed by atoms with van der Waals surface area (Å²) >= 11 is 0. The smallest absolute Gasteiger partial charge is 0.342 e. The van der Waals surface area contributed by atoms with Gasteiger partial charge >= 0.3 is 5.97 Å². The fraction of sp³-hybridized carbons (Fsp3) is 0.667. The van der Waals surface area contributed by atoms with Crippen molar-refractivity contribution in [3.8, 4) is 0 Å². The zero-order valence-corrected chi connectivity index (χ0v) is 12.5. The zero-order chi connectivity index (χ0) is 16.3. The number of aliphatic hydroxyl groups excluding tert-OH is 2. The Balaban J connectivity index is 2.17. The Morgan fingerprint density at radius 3 is 2.64 bits per heavy atom. The van der Waals surface area contributed by atoms with E-state index >= 15 is 0 Å². The van der Waals surface area contributed by atoms with Gasteiger partial charge in [0.2, 0.25) is 0 Å². The van der Waals surface area contributed by atoms with E-state index in [1.807, 2.05) is 0 Å². The fourth-order valence-electron chi connectivity index (χ4n) is 3.40. The summed E-state index contributed by atoms with van der Waals surface area (Å²) in [6.07, 6.45) is 0.592. The molecule has 3 aliphatic heterocycles. The zero-order valence-electron chi connectivity index (χ0n) is 12.5. The average molecular weight is 312 g/mol. The van der Waals surface area contributed by atoms with Crippen LogP contribution < -0.4 is 0 Å². The molecule has 4 atom stereocenters. The average Bonchev–Trinajstić information content (AvgIpc) is 2.87. The molecule has 0 amide bonds. The Bertz CT molecular complexity index is 591. The van der Waals surface area contributed by atoms with Gasteiger partial charge in [0, 0.05) is 18.4 Å². The number of ether oxygens (including phenoxy) is 2. The SMILES string of the molecule is C[C@]12C=C3OC(=O)C(CO)=C3[C@@H](O)C[C@@](C)(O)[C@](O)(CC1)O2. The lowest BCUT2D eigenvalue weighted by atomic mass is 9.83. The first-order valence-electron chi connectivity index (χ1n) is 7.23. The molecule has 0 radical (unpaired) electrons. The number of fused-ring (bicyclic) bond motifs is 3. The molecule has 0 saturated carbocycles. The summed E-state index contributed by atoms with van der Waals surface area (Å²) in [6.45, 7) is 2.50. The lowest BCUT2D eigenvalue weighted by molar-refractivity contribution is -0.297. The summed E-state index contributed by atoms with van der Waals surface area (Å²) in [4.78, 5) is 11.8. The first-order valence-corrected chi connectivity index (χ1v) is 7.23. The summed E-state index contributed by atoms with van der Waals surface area (Å²) < 4.78 is 10.8. The van der Waals surface area contributed by atoms with Crippen molar-refractivity contribution in [1.29, 1.82) is 0 Å². The van der Waals surface area contributed by atoms with E-state index in [0.717, 1.165) is 0 Å². The van der Waals surface area contributed by atoms with Crippen LogP contribution in [0.1, 0.15) is 33.1 Å². The van der Waals surface area contributed by atoms with Crippen LogP contribution in [-0.4, -0.2) is 56.1 Å². The molecule has 0 unspecified atom stereocenters. The molecular weight excluding hydrogens is 292 g/mol. The molecule has 0 aromatic rings. The third kappa shape index (κ3) is 2.12. The highest BCUT2D eigenvalue weighted by atomic mass is 16.7. The van der Waals surface area contributed by atoms with Crippen molar-refractivity contribution in [2.45, 2.75) is 56.2 Å². The second-order valence-electron chi connectivity index (χ2n) is 6.64. The Morgan fingerprint density at radius 1 is 1.32 bits per heavy atom. The van der Waals surface area contributed by atoms with E-state index in [0.29, 0.717) is 6.42 Å². The number of aliphatic hydroxyl groups is 4. The van der Waals surface area contributed by atoms with Gasteiger partial charge in [-0.2, -0.15) is 0 Å². The van der Waals surface area contributed by atoms with Gasteiger partial charge in [0.05, 0.1) is 23.9 Å². The van der Waals surface area contributed by atoms with E-state index in [1.54, 1.807) is 6.92 Å². The maximum atomic E-state index is 11.8. The van der Waals surface area contributed by atoms with Crippen LogP contribution in [0.5, 0.6) is 0 Å². The van der Waals surface area contributed by atoms with Crippen LogP contribution in [-0.2, 0) is 14.3 Å². The van der Waals surface area contributed by atoms with Gasteiger partial charge in [-0.15, -0.1) is 0 Å². The molecule has 0 aliphatic carbocycles. The maximum absolute atomic E-state index is 11.8. The molecule has 122 valence electrons. The van der Waals surface area contributed by atoms with Crippen LogP contribution in [0.2, 0.25) is 0 Å². The summed E-state index contributed by atoms with van der Waals surface area (Å²) in [5.74, 6) is -2.41. The minimum absolute atomic E-state index is 0.0390. The normalized spacial score (nSPS) is 44.9. The molecule has 0 aromatic heterocycles. The molecule has 1 fully saturated rings. The molecule has 2 bridgehead atoms. The van der Waals surface area contributed by atoms with Gasteiger partial charge in [-0.1, -0.05) is 0 Å². The highest BCUT2D eigenvalue weighted by molar-refractivity contribution is 5.95. The van der Waals surface area contributed by atoms with E-state index in [1.165, 1.54) is 13.0 Å². The van der Waals surface area contributed by atoms with Crippen LogP contribution in [0.3, 0.4) is 0 Å². The Morgan fingerprint density at radius 2 is 2.00 bits per heavy atom. The van der Waals surface area contributed by atoms with Crippen LogP contribution >= 0.6 is 0 Å². The Labute approximate surface area is 127 Å². The quantitative estimate of drug-likeness (QED) is 0.482. The molecule has 3 heterocycles. The third-order valence-electron chi connectivity index (χ3n) is 4.76. The van der Waals surface area contributed by atoms with E-state index in [4.69, 9.17) is 9.47 Å². The topological polar surface area (TPSA) is 116 Å². The Kier molecular flexibility index (Phi) is 3.29. The molecule has 0 spiro atoms. The molecule has 4 N–H and O–H groups in total. The second kappa shape index (κ2) is 4.62.